The van der Waals surface area contributed by atoms with E-state index in [0.29, 0.717) is 12.6 Å². The second-order valence-corrected chi connectivity index (χ2v) is 7.13. The van der Waals surface area contributed by atoms with Crippen molar-refractivity contribution in [1.29, 1.82) is 0 Å². The molecule has 0 atom stereocenters. The second kappa shape index (κ2) is 8.41. The van der Waals surface area contributed by atoms with Crippen LogP contribution in [0, 0.1) is 0 Å². The smallest absolute Gasteiger partial charge is 0.158 e. The van der Waals surface area contributed by atoms with Crippen LogP contribution in [0.1, 0.15) is 30.9 Å². The summed E-state index contributed by atoms with van der Waals surface area (Å²) in [5.41, 5.74) is 2.17. The standard InChI is InChI=1S/C22H28N2O/c1-18(2)24-15-13-23(14-16-24)17-21(25)22(19-9-5-3-6-10-19)20-11-7-4-8-12-20/h3-12,18,22H,13-17H2,1-2H3. The molecule has 1 saturated heterocycles. The molecule has 25 heavy (non-hydrogen) atoms. The highest BCUT2D eigenvalue weighted by Crippen LogP contribution is 2.26. The van der Waals surface area contributed by atoms with Crippen LogP contribution in [0.3, 0.4) is 0 Å². The molecular weight excluding hydrogens is 308 g/mol. The van der Waals surface area contributed by atoms with E-state index < -0.39 is 0 Å². The molecule has 0 bridgehead atoms. The number of piperazine rings is 1. The van der Waals surface area contributed by atoms with Gasteiger partial charge in [0.05, 0.1) is 12.5 Å². The molecule has 1 heterocycles. The first-order chi connectivity index (χ1) is 12.1. The van der Waals surface area contributed by atoms with E-state index in [4.69, 9.17) is 0 Å². The van der Waals surface area contributed by atoms with Gasteiger partial charge in [-0.05, 0) is 25.0 Å². The molecule has 0 spiro atoms. The zero-order chi connectivity index (χ0) is 17.6. The molecule has 1 aliphatic rings. The fraction of sp³-hybridized carbons (Fsp3) is 0.409. The number of nitrogens with zero attached hydrogens (tertiary/aromatic N) is 2. The zero-order valence-corrected chi connectivity index (χ0v) is 15.3. The van der Waals surface area contributed by atoms with Crippen LogP contribution in [0.15, 0.2) is 60.7 Å². The van der Waals surface area contributed by atoms with Gasteiger partial charge in [-0.15, -0.1) is 0 Å². The van der Waals surface area contributed by atoms with E-state index in [2.05, 4.69) is 47.9 Å². The zero-order valence-electron chi connectivity index (χ0n) is 15.3. The number of carbonyl (C=O) groups excluding carboxylic acids is 1. The molecule has 3 nitrogen and oxygen atoms in total. The third kappa shape index (κ3) is 4.56. The van der Waals surface area contributed by atoms with Gasteiger partial charge in [0.25, 0.3) is 0 Å². The summed E-state index contributed by atoms with van der Waals surface area (Å²) in [5.74, 6) is 0.112. The van der Waals surface area contributed by atoms with Crippen LogP contribution in [-0.4, -0.2) is 54.3 Å². The van der Waals surface area contributed by atoms with Gasteiger partial charge in [0.1, 0.15) is 0 Å². The van der Waals surface area contributed by atoms with Crippen molar-refractivity contribution < 1.29 is 4.79 Å². The summed E-state index contributed by atoms with van der Waals surface area (Å²) >= 11 is 0. The van der Waals surface area contributed by atoms with Gasteiger partial charge in [-0.25, -0.2) is 0 Å². The van der Waals surface area contributed by atoms with Gasteiger partial charge in [0.2, 0.25) is 0 Å². The fourth-order valence-corrected chi connectivity index (χ4v) is 3.60. The lowest BCUT2D eigenvalue weighted by Crippen LogP contribution is -2.50. The highest BCUT2D eigenvalue weighted by atomic mass is 16.1. The Morgan fingerprint density at radius 3 is 1.76 bits per heavy atom. The Bertz CT molecular complexity index is 621. The highest BCUT2D eigenvalue weighted by Gasteiger charge is 2.26. The van der Waals surface area contributed by atoms with Crippen LogP contribution in [0.5, 0.6) is 0 Å². The van der Waals surface area contributed by atoms with Crippen molar-refractivity contribution in [3.8, 4) is 0 Å². The van der Waals surface area contributed by atoms with Crippen LogP contribution in [0.25, 0.3) is 0 Å². The molecule has 0 aromatic heterocycles. The number of Topliss-reactive ketones (excluding diaryl/α,β-unsaturated/α-hetero) is 1. The Morgan fingerprint density at radius 1 is 0.840 bits per heavy atom. The molecule has 132 valence electrons. The largest absolute Gasteiger partial charge is 0.298 e. The lowest BCUT2D eigenvalue weighted by Gasteiger charge is -2.37. The number of ketones is 1. The molecule has 1 fully saturated rings. The van der Waals surface area contributed by atoms with Crippen LogP contribution in [0.2, 0.25) is 0 Å². The lowest BCUT2D eigenvalue weighted by molar-refractivity contribution is -0.121. The van der Waals surface area contributed by atoms with E-state index in [1.54, 1.807) is 0 Å². The van der Waals surface area contributed by atoms with Crippen molar-refractivity contribution in [2.45, 2.75) is 25.8 Å². The molecule has 3 rings (SSSR count). The van der Waals surface area contributed by atoms with Gasteiger partial charge in [0, 0.05) is 32.2 Å². The Balaban J connectivity index is 1.73. The quantitative estimate of drug-likeness (QED) is 0.808. The first-order valence-corrected chi connectivity index (χ1v) is 9.24. The summed E-state index contributed by atoms with van der Waals surface area (Å²) < 4.78 is 0. The molecule has 2 aromatic carbocycles. The van der Waals surface area contributed by atoms with Crippen LogP contribution in [0.4, 0.5) is 0 Å². The summed E-state index contributed by atoms with van der Waals surface area (Å²) in [6, 6.07) is 20.9. The first-order valence-electron chi connectivity index (χ1n) is 9.24. The predicted octanol–water partition coefficient (Wildman–Crippen LogP) is 3.41. The van der Waals surface area contributed by atoms with Gasteiger partial charge in [-0.3, -0.25) is 14.6 Å². The molecule has 0 amide bonds. The van der Waals surface area contributed by atoms with E-state index >= 15 is 0 Å². The van der Waals surface area contributed by atoms with Gasteiger partial charge in [-0.1, -0.05) is 60.7 Å². The summed E-state index contributed by atoms with van der Waals surface area (Å²) in [4.78, 5) is 18.0. The molecule has 3 heteroatoms. The number of hydrogen-bond donors (Lipinski definition) is 0. The minimum Gasteiger partial charge on any atom is -0.298 e. The predicted molar refractivity (Wildman–Crippen MR) is 103 cm³/mol. The maximum Gasteiger partial charge on any atom is 0.158 e. The Hall–Kier alpha value is -1.97. The van der Waals surface area contributed by atoms with Crippen LogP contribution >= 0.6 is 0 Å². The lowest BCUT2D eigenvalue weighted by atomic mass is 9.87. The summed E-state index contributed by atoms with van der Waals surface area (Å²) in [6.45, 7) is 9.04. The number of hydrogen-bond acceptors (Lipinski definition) is 3. The van der Waals surface area contributed by atoms with Gasteiger partial charge in [-0.2, -0.15) is 0 Å². The molecule has 2 aromatic rings. The topological polar surface area (TPSA) is 23.6 Å². The van der Waals surface area contributed by atoms with Gasteiger partial charge in [0.15, 0.2) is 5.78 Å². The van der Waals surface area contributed by atoms with Gasteiger partial charge < -0.3 is 0 Å². The number of rotatable bonds is 6. The average Bonchev–Trinajstić information content (AvgIpc) is 2.64. The van der Waals surface area contributed by atoms with Crippen LogP contribution in [-0.2, 0) is 4.79 Å². The Kier molecular flexibility index (Phi) is 6.00. The third-order valence-electron chi connectivity index (χ3n) is 5.10. The first kappa shape index (κ1) is 17.8. The van der Waals surface area contributed by atoms with E-state index in [1.807, 2.05) is 36.4 Å². The van der Waals surface area contributed by atoms with Crippen molar-refractivity contribution in [1.82, 2.24) is 9.80 Å². The van der Waals surface area contributed by atoms with E-state index in [0.717, 1.165) is 37.3 Å². The fourth-order valence-electron chi connectivity index (χ4n) is 3.60. The van der Waals surface area contributed by atoms with E-state index in [1.165, 1.54) is 0 Å². The molecule has 0 N–H and O–H groups in total. The van der Waals surface area contributed by atoms with E-state index in [-0.39, 0.29) is 11.7 Å². The molecule has 0 aliphatic carbocycles. The maximum absolute atomic E-state index is 13.2. The molecule has 0 saturated carbocycles. The normalized spacial score (nSPS) is 16.5. The van der Waals surface area contributed by atoms with Crippen molar-refractivity contribution >= 4 is 5.78 Å². The molecule has 1 aliphatic heterocycles. The maximum atomic E-state index is 13.2. The van der Waals surface area contributed by atoms with E-state index in [9.17, 15) is 4.79 Å². The Morgan fingerprint density at radius 2 is 1.32 bits per heavy atom. The molecule has 0 unspecified atom stereocenters. The molecule has 0 radical (unpaired) electrons. The minimum absolute atomic E-state index is 0.175. The average molecular weight is 336 g/mol. The summed E-state index contributed by atoms with van der Waals surface area (Å²) in [6.07, 6.45) is 0. The Labute approximate surface area is 151 Å². The van der Waals surface area contributed by atoms with Crippen LogP contribution < -0.4 is 0 Å². The van der Waals surface area contributed by atoms with Gasteiger partial charge >= 0.3 is 0 Å². The van der Waals surface area contributed by atoms with Crippen molar-refractivity contribution in [2.24, 2.45) is 0 Å². The third-order valence-corrected chi connectivity index (χ3v) is 5.10. The second-order valence-electron chi connectivity index (χ2n) is 7.13. The molecular formula is C22H28N2O. The number of carbonyl (C=O) groups is 1. The van der Waals surface area contributed by atoms with Crippen molar-refractivity contribution in [2.75, 3.05) is 32.7 Å². The van der Waals surface area contributed by atoms with Crippen molar-refractivity contribution in [3.05, 3.63) is 71.8 Å². The summed E-state index contributed by atoms with van der Waals surface area (Å²) in [7, 11) is 0. The number of benzene rings is 2. The SMILES string of the molecule is CC(C)N1CCN(CC(=O)C(c2ccccc2)c2ccccc2)CC1. The summed E-state index contributed by atoms with van der Waals surface area (Å²) in [5, 5.41) is 0. The minimum atomic E-state index is -0.175. The monoisotopic (exact) mass is 336 g/mol. The van der Waals surface area contributed by atoms with Crippen molar-refractivity contribution in [3.63, 3.8) is 0 Å². The highest BCUT2D eigenvalue weighted by molar-refractivity contribution is 5.90.